The third-order valence-electron chi connectivity index (χ3n) is 2.11. The Bertz CT molecular complexity index is 521. The Balaban J connectivity index is 2.98. The fourth-order valence-electron chi connectivity index (χ4n) is 1.14. The van der Waals surface area contributed by atoms with Gasteiger partial charge in [-0.25, -0.2) is 0 Å². The summed E-state index contributed by atoms with van der Waals surface area (Å²) in [7, 11) is 0. The molecule has 17 heavy (non-hydrogen) atoms. The summed E-state index contributed by atoms with van der Waals surface area (Å²) < 4.78 is 0. The van der Waals surface area contributed by atoms with Gasteiger partial charge in [0.05, 0.1) is 0 Å². The summed E-state index contributed by atoms with van der Waals surface area (Å²) in [6.07, 6.45) is 2.79. The second kappa shape index (κ2) is 5.88. The molecule has 1 aromatic carbocycles. The number of hydrogen-bond donors (Lipinski definition) is 1. The van der Waals surface area contributed by atoms with Crippen molar-refractivity contribution < 1.29 is 4.79 Å². The summed E-state index contributed by atoms with van der Waals surface area (Å²) in [6.45, 7) is 1.97. The molecule has 0 radical (unpaired) electrons. The summed E-state index contributed by atoms with van der Waals surface area (Å²) in [5.41, 5.74) is 6.80. The summed E-state index contributed by atoms with van der Waals surface area (Å²) in [5, 5.41) is 9.07. The van der Waals surface area contributed by atoms with Crippen LogP contribution in [0.3, 0.4) is 0 Å². The molecule has 0 spiro atoms. The molecule has 0 saturated heterocycles. The Hall–Kier alpha value is -2.05. The monoisotopic (exact) mass is 246 g/mol. The zero-order valence-electron chi connectivity index (χ0n) is 9.27. The lowest BCUT2D eigenvalue weighted by molar-refractivity contribution is -0.114. The highest BCUT2D eigenvalue weighted by molar-refractivity contribution is 6.48. The Morgan fingerprint density at radius 3 is 2.41 bits per heavy atom. The van der Waals surface area contributed by atoms with Gasteiger partial charge in [-0.2, -0.15) is 5.26 Å². The van der Waals surface area contributed by atoms with Gasteiger partial charge in [-0.3, -0.25) is 4.79 Å². The second-order valence-electron chi connectivity index (χ2n) is 3.44. The minimum Gasteiger partial charge on any atom is -0.365 e. The maximum atomic E-state index is 10.8. The average Bonchev–Trinajstić information content (AvgIpc) is 2.30. The van der Waals surface area contributed by atoms with E-state index < -0.39 is 5.91 Å². The topological polar surface area (TPSA) is 66.9 Å². The number of aryl methyl sites for hydroxylation is 1. The number of halogens is 1. The van der Waals surface area contributed by atoms with Gasteiger partial charge < -0.3 is 5.73 Å². The Kier molecular flexibility index (Phi) is 4.50. The van der Waals surface area contributed by atoms with Crippen LogP contribution in [0.5, 0.6) is 0 Å². The number of nitriles is 1. The molecule has 0 aliphatic carbocycles. The lowest BCUT2D eigenvalue weighted by Gasteiger charge is -1.98. The Morgan fingerprint density at radius 2 is 1.94 bits per heavy atom. The molecule has 0 heterocycles. The smallest absolute Gasteiger partial charge is 0.259 e. The van der Waals surface area contributed by atoms with Gasteiger partial charge in [0.25, 0.3) is 5.91 Å². The average molecular weight is 247 g/mol. The van der Waals surface area contributed by atoms with Crippen LogP contribution in [0.4, 0.5) is 0 Å². The van der Waals surface area contributed by atoms with Crippen LogP contribution < -0.4 is 5.73 Å². The Morgan fingerprint density at radius 1 is 1.35 bits per heavy atom. The number of carbonyl (C=O) groups is 1. The van der Waals surface area contributed by atoms with Gasteiger partial charge >= 0.3 is 0 Å². The van der Waals surface area contributed by atoms with Crippen LogP contribution in [-0.4, -0.2) is 5.91 Å². The third-order valence-corrected chi connectivity index (χ3v) is 2.45. The number of rotatable bonds is 3. The van der Waals surface area contributed by atoms with Crippen molar-refractivity contribution in [1.82, 2.24) is 0 Å². The van der Waals surface area contributed by atoms with Crippen molar-refractivity contribution in [1.29, 1.82) is 5.26 Å². The zero-order chi connectivity index (χ0) is 12.8. The van der Waals surface area contributed by atoms with E-state index in [1.54, 1.807) is 6.07 Å². The largest absolute Gasteiger partial charge is 0.365 e. The van der Waals surface area contributed by atoms with Crippen molar-refractivity contribution in [2.24, 2.45) is 5.73 Å². The number of hydrogen-bond acceptors (Lipinski definition) is 2. The summed E-state index contributed by atoms with van der Waals surface area (Å²) >= 11 is 6.02. The van der Waals surface area contributed by atoms with Crippen LogP contribution in [-0.2, 0) is 4.79 Å². The number of primary amides is 1. The molecule has 0 atom stereocenters. The van der Waals surface area contributed by atoms with E-state index in [1.165, 1.54) is 12.2 Å². The first-order valence-electron chi connectivity index (χ1n) is 4.89. The van der Waals surface area contributed by atoms with Crippen LogP contribution in [0, 0.1) is 18.3 Å². The van der Waals surface area contributed by atoms with E-state index in [0.717, 1.165) is 11.1 Å². The molecule has 86 valence electrons. The first kappa shape index (κ1) is 13.0. The number of amides is 1. The predicted octanol–water partition coefficient (Wildman–Crippen LogP) is 2.51. The van der Waals surface area contributed by atoms with Crippen molar-refractivity contribution in [2.45, 2.75) is 6.92 Å². The van der Waals surface area contributed by atoms with Crippen molar-refractivity contribution in [3.8, 4) is 6.07 Å². The molecule has 2 N–H and O–H groups in total. The minimum atomic E-state index is -0.767. The van der Waals surface area contributed by atoms with E-state index in [1.807, 2.05) is 31.2 Å². The van der Waals surface area contributed by atoms with Gasteiger partial charge in [-0.1, -0.05) is 41.4 Å². The maximum absolute atomic E-state index is 10.8. The van der Waals surface area contributed by atoms with Gasteiger partial charge in [0.1, 0.15) is 11.6 Å². The van der Waals surface area contributed by atoms with E-state index in [0.29, 0.717) is 5.03 Å². The van der Waals surface area contributed by atoms with Gasteiger partial charge in [0, 0.05) is 5.03 Å². The van der Waals surface area contributed by atoms with Gasteiger partial charge in [-0.05, 0) is 24.6 Å². The van der Waals surface area contributed by atoms with Crippen LogP contribution in [0.1, 0.15) is 11.1 Å². The highest BCUT2D eigenvalue weighted by atomic mass is 35.5. The van der Waals surface area contributed by atoms with Crippen molar-refractivity contribution in [2.75, 3.05) is 0 Å². The fourth-order valence-corrected chi connectivity index (χ4v) is 1.33. The van der Waals surface area contributed by atoms with Crippen LogP contribution in [0.25, 0.3) is 5.03 Å². The summed E-state index contributed by atoms with van der Waals surface area (Å²) in [4.78, 5) is 10.8. The van der Waals surface area contributed by atoms with Gasteiger partial charge in [0.15, 0.2) is 0 Å². The van der Waals surface area contributed by atoms with Crippen LogP contribution in [0.2, 0.25) is 0 Å². The first-order valence-corrected chi connectivity index (χ1v) is 5.27. The van der Waals surface area contributed by atoms with E-state index in [4.69, 9.17) is 22.6 Å². The molecule has 1 amide bonds. The third kappa shape index (κ3) is 3.78. The quantitative estimate of drug-likeness (QED) is 0.506. The normalized spacial score (nSPS) is 12.1. The Labute approximate surface area is 105 Å². The fraction of sp³-hybridized carbons (Fsp3) is 0.0769. The van der Waals surface area contributed by atoms with Crippen molar-refractivity contribution in [3.63, 3.8) is 0 Å². The molecule has 0 saturated carbocycles. The van der Waals surface area contributed by atoms with Gasteiger partial charge in [0.2, 0.25) is 0 Å². The molecule has 0 aliphatic rings. The molecule has 0 aromatic heterocycles. The SMILES string of the molecule is Cc1ccc(/C(Cl)=C/C=C(/C#N)C(N)=O)cc1. The zero-order valence-corrected chi connectivity index (χ0v) is 10.0. The number of nitrogens with zero attached hydrogens (tertiary/aromatic N) is 1. The molecule has 0 fully saturated rings. The molecular formula is C13H11ClN2O. The minimum absolute atomic E-state index is 0.129. The highest BCUT2D eigenvalue weighted by Gasteiger charge is 2.01. The number of carbonyl (C=O) groups excluding carboxylic acids is 1. The van der Waals surface area contributed by atoms with Crippen LogP contribution >= 0.6 is 11.6 Å². The molecule has 0 unspecified atom stereocenters. The predicted molar refractivity (Wildman–Crippen MR) is 67.9 cm³/mol. The molecule has 1 aromatic rings. The second-order valence-corrected chi connectivity index (χ2v) is 3.84. The number of nitrogens with two attached hydrogens (primary N) is 1. The molecule has 0 aliphatic heterocycles. The first-order chi connectivity index (χ1) is 8.04. The van der Waals surface area contributed by atoms with Crippen LogP contribution in [0.15, 0.2) is 42.0 Å². The maximum Gasteiger partial charge on any atom is 0.259 e. The number of allylic oxidation sites excluding steroid dienone is 2. The molecule has 1 rings (SSSR count). The number of benzene rings is 1. The lowest BCUT2D eigenvalue weighted by Crippen LogP contribution is -2.12. The van der Waals surface area contributed by atoms with Crippen molar-refractivity contribution in [3.05, 3.63) is 53.1 Å². The van der Waals surface area contributed by atoms with Crippen molar-refractivity contribution >= 4 is 22.5 Å². The summed E-state index contributed by atoms with van der Waals surface area (Å²) in [6, 6.07) is 9.27. The van der Waals surface area contributed by atoms with E-state index in [9.17, 15) is 4.79 Å². The lowest BCUT2D eigenvalue weighted by atomic mass is 10.1. The van der Waals surface area contributed by atoms with E-state index in [-0.39, 0.29) is 5.57 Å². The molecule has 4 heteroatoms. The highest BCUT2D eigenvalue weighted by Crippen LogP contribution is 2.19. The standard InChI is InChI=1S/C13H11ClN2O/c1-9-2-4-10(5-3-9)12(14)7-6-11(8-15)13(16)17/h2-7H,1H3,(H2,16,17)/b11-6-,12-7-. The van der Waals surface area contributed by atoms with Gasteiger partial charge in [-0.15, -0.1) is 0 Å². The molecular weight excluding hydrogens is 236 g/mol. The summed E-state index contributed by atoms with van der Waals surface area (Å²) in [5.74, 6) is -0.767. The molecule has 3 nitrogen and oxygen atoms in total. The van der Waals surface area contributed by atoms with E-state index >= 15 is 0 Å². The van der Waals surface area contributed by atoms with E-state index in [2.05, 4.69) is 0 Å². The molecule has 0 bridgehead atoms.